The molecule has 0 spiro atoms. The lowest BCUT2D eigenvalue weighted by Crippen LogP contribution is -2.36. The minimum Gasteiger partial charge on any atom is -0.465 e. The van der Waals surface area contributed by atoms with Crippen molar-refractivity contribution in [3.63, 3.8) is 0 Å². The van der Waals surface area contributed by atoms with Gasteiger partial charge >= 0.3 is 5.97 Å². The molecule has 0 radical (unpaired) electrons. The average molecular weight is 531 g/mol. The molecule has 0 unspecified atom stereocenters. The van der Waals surface area contributed by atoms with Gasteiger partial charge in [0.2, 0.25) is 5.95 Å². The molecule has 0 atom stereocenters. The lowest BCUT2D eigenvalue weighted by molar-refractivity contribution is -0.141. The maximum Gasteiger partial charge on any atom is 0.325 e. The summed E-state index contributed by atoms with van der Waals surface area (Å²) >= 11 is 0. The van der Waals surface area contributed by atoms with E-state index in [1.807, 2.05) is 24.3 Å². The Morgan fingerprint density at radius 2 is 1.72 bits per heavy atom. The molecule has 2 amide bonds. The highest BCUT2D eigenvalue weighted by molar-refractivity contribution is 6.21. The van der Waals surface area contributed by atoms with E-state index in [9.17, 15) is 14.4 Å². The van der Waals surface area contributed by atoms with Gasteiger partial charge < -0.3 is 24.6 Å². The van der Waals surface area contributed by atoms with Crippen molar-refractivity contribution >= 4 is 40.9 Å². The maximum absolute atomic E-state index is 13.0. The Morgan fingerprint density at radius 1 is 1.05 bits per heavy atom. The van der Waals surface area contributed by atoms with Crippen LogP contribution in [0.2, 0.25) is 0 Å². The number of ether oxygens (including phenoxy) is 2. The number of fused-ring (bicyclic) bond motifs is 1. The number of benzene rings is 2. The van der Waals surface area contributed by atoms with Gasteiger partial charge in [0.1, 0.15) is 12.4 Å². The predicted molar refractivity (Wildman–Crippen MR) is 145 cm³/mol. The monoisotopic (exact) mass is 530 g/mol. The standard InChI is InChI=1S/C28H30N6O5/c1-3-39-24(35)18-32(2)25-19(17-34-26(36)22-6-4-5-7-23(22)27(34)37)16-29-28(31-25)30-20-8-10-21(11-9-20)33-12-14-38-15-13-33/h4-11,16H,3,12-15,17-18H2,1-2H3,(H,29,30,31). The first-order valence-corrected chi connectivity index (χ1v) is 12.8. The zero-order chi connectivity index (χ0) is 27.4. The van der Waals surface area contributed by atoms with E-state index in [1.165, 1.54) is 4.90 Å². The van der Waals surface area contributed by atoms with E-state index in [1.54, 1.807) is 49.3 Å². The number of anilines is 4. The topological polar surface area (TPSA) is 117 Å². The summed E-state index contributed by atoms with van der Waals surface area (Å²) in [5.41, 5.74) is 3.15. The molecular formula is C28H30N6O5. The highest BCUT2D eigenvalue weighted by Crippen LogP contribution is 2.28. The summed E-state index contributed by atoms with van der Waals surface area (Å²) in [4.78, 5) is 52.3. The molecule has 1 fully saturated rings. The summed E-state index contributed by atoms with van der Waals surface area (Å²) in [7, 11) is 1.70. The number of imide groups is 1. The van der Waals surface area contributed by atoms with E-state index < -0.39 is 5.97 Å². The van der Waals surface area contributed by atoms with Gasteiger partial charge in [-0.15, -0.1) is 0 Å². The fourth-order valence-corrected chi connectivity index (χ4v) is 4.63. The van der Waals surface area contributed by atoms with Crippen molar-refractivity contribution in [3.8, 4) is 0 Å². The SMILES string of the molecule is CCOC(=O)CN(C)c1nc(Nc2ccc(N3CCOCC3)cc2)ncc1CN1C(=O)c2ccccc2C1=O. The molecular weight excluding hydrogens is 500 g/mol. The number of esters is 1. The molecule has 3 heterocycles. The molecule has 0 aliphatic carbocycles. The Balaban J connectivity index is 1.38. The molecule has 5 rings (SSSR count). The van der Waals surface area contributed by atoms with Crippen LogP contribution in [0.1, 0.15) is 33.2 Å². The van der Waals surface area contributed by atoms with Crippen molar-refractivity contribution in [2.24, 2.45) is 0 Å². The number of morpholine rings is 1. The quantitative estimate of drug-likeness (QED) is 0.327. The van der Waals surface area contributed by atoms with Crippen LogP contribution in [0.15, 0.2) is 54.7 Å². The Hall–Kier alpha value is -4.51. The number of hydrogen-bond acceptors (Lipinski definition) is 10. The normalized spacial score (nSPS) is 14.8. The zero-order valence-corrected chi connectivity index (χ0v) is 21.9. The Bertz CT molecular complexity index is 1340. The minimum absolute atomic E-state index is 0.0383. The number of nitrogens with one attached hydrogen (secondary N) is 1. The summed E-state index contributed by atoms with van der Waals surface area (Å²) in [5, 5.41) is 3.20. The molecule has 2 aromatic carbocycles. The van der Waals surface area contributed by atoms with Gasteiger partial charge in [-0.2, -0.15) is 4.98 Å². The highest BCUT2D eigenvalue weighted by atomic mass is 16.5. The first kappa shape index (κ1) is 26.1. The van der Waals surface area contributed by atoms with Gasteiger partial charge in [-0.3, -0.25) is 19.3 Å². The fraction of sp³-hybridized carbons (Fsp3) is 0.321. The van der Waals surface area contributed by atoms with Crippen LogP contribution in [0.3, 0.4) is 0 Å². The van der Waals surface area contributed by atoms with Crippen LogP contribution in [0, 0.1) is 0 Å². The molecule has 11 heteroatoms. The Kier molecular flexibility index (Phi) is 7.69. The summed E-state index contributed by atoms with van der Waals surface area (Å²) < 4.78 is 10.5. The number of likely N-dealkylation sites (N-methyl/N-ethyl adjacent to an activating group) is 1. The Labute approximate surface area is 226 Å². The van der Waals surface area contributed by atoms with E-state index in [0.29, 0.717) is 41.7 Å². The molecule has 2 aliphatic heterocycles. The third-order valence-electron chi connectivity index (χ3n) is 6.58. The molecule has 3 aromatic rings. The Morgan fingerprint density at radius 3 is 2.36 bits per heavy atom. The first-order valence-electron chi connectivity index (χ1n) is 12.8. The van der Waals surface area contributed by atoms with Crippen LogP contribution in [0.25, 0.3) is 0 Å². The van der Waals surface area contributed by atoms with Crippen LogP contribution in [0.4, 0.5) is 23.1 Å². The van der Waals surface area contributed by atoms with Gasteiger partial charge in [0.05, 0.1) is 37.5 Å². The van der Waals surface area contributed by atoms with Gasteiger partial charge in [-0.25, -0.2) is 4.98 Å². The minimum atomic E-state index is -0.418. The summed E-state index contributed by atoms with van der Waals surface area (Å²) in [6, 6.07) is 14.7. The molecule has 2 aliphatic rings. The number of nitrogens with zero attached hydrogens (tertiary/aromatic N) is 5. The third kappa shape index (κ3) is 5.68. The summed E-state index contributed by atoms with van der Waals surface area (Å²) in [6.45, 7) is 5.01. The van der Waals surface area contributed by atoms with Gasteiger partial charge in [0, 0.05) is 43.3 Å². The van der Waals surface area contributed by atoms with Crippen LogP contribution in [-0.4, -0.2) is 79.2 Å². The zero-order valence-electron chi connectivity index (χ0n) is 21.9. The van der Waals surface area contributed by atoms with E-state index in [4.69, 9.17) is 9.47 Å². The number of hydrogen-bond donors (Lipinski definition) is 1. The smallest absolute Gasteiger partial charge is 0.325 e. The molecule has 0 bridgehead atoms. The van der Waals surface area contributed by atoms with Gasteiger partial charge in [0.25, 0.3) is 11.8 Å². The second-order valence-electron chi connectivity index (χ2n) is 9.22. The fourth-order valence-electron chi connectivity index (χ4n) is 4.63. The van der Waals surface area contributed by atoms with Gasteiger partial charge in [-0.05, 0) is 43.3 Å². The number of amides is 2. The predicted octanol–water partition coefficient (Wildman–Crippen LogP) is 2.85. The summed E-state index contributed by atoms with van der Waals surface area (Å²) in [5.74, 6) is -0.458. The van der Waals surface area contributed by atoms with Crippen molar-refractivity contribution in [1.82, 2.24) is 14.9 Å². The van der Waals surface area contributed by atoms with Crippen molar-refractivity contribution in [3.05, 3.63) is 71.4 Å². The molecule has 39 heavy (non-hydrogen) atoms. The van der Waals surface area contributed by atoms with Crippen LogP contribution in [0.5, 0.6) is 0 Å². The van der Waals surface area contributed by atoms with Crippen molar-refractivity contribution in [2.45, 2.75) is 13.5 Å². The van der Waals surface area contributed by atoms with E-state index in [-0.39, 0.29) is 31.5 Å². The first-order chi connectivity index (χ1) is 18.9. The molecule has 1 saturated heterocycles. The number of aromatic nitrogens is 2. The lowest BCUT2D eigenvalue weighted by atomic mass is 10.1. The van der Waals surface area contributed by atoms with Gasteiger partial charge in [-0.1, -0.05) is 12.1 Å². The van der Waals surface area contributed by atoms with Gasteiger partial charge in [0.15, 0.2) is 0 Å². The molecule has 0 saturated carbocycles. The van der Waals surface area contributed by atoms with E-state index >= 15 is 0 Å². The third-order valence-corrected chi connectivity index (χ3v) is 6.58. The number of carbonyl (C=O) groups is 3. The number of rotatable bonds is 9. The molecule has 202 valence electrons. The average Bonchev–Trinajstić information content (AvgIpc) is 3.19. The van der Waals surface area contributed by atoms with Crippen molar-refractivity contribution in [1.29, 1.82) is 0 Å². The van der Waals surface area contributed by atoms with E-state index in [0.717, 1.165) is 24.5 Å². The van der Waals surface area contributed by atoms with E-state index in [2.05, 4.69) is 20.2 Å². The highest BCUT2D eigenvalue weighted by Gasteiger charge is 2.36. The second-order valence-corrected chi connectivity index (χ2v) is 9.22. The second kappa shape index (κ2) is 11.5. The summed E-state index contributed by atoms with van der Waals surface area (Å²) in [6.07, 6.45) is 1.57. The maximum atomic E-state index is 13.0. The van der Waals surface area contributed by atoms with Crippen molar-refractivity contribution < 1.29 is 23.9 Å². The lowest BCUT2D eigenvalue weighted by Gasteiger charge is -2.28. The van der Waals surface area contributed by atoms with Crippen LogP contribution >= 0.6 is 0 Å². The molecule has 11 nitrogen and oxygen atoms in total. The molecule has 1 aromatic heterocycles. The van der Waals surface area contributed by atoms with Crippen molar-refractivity contribution in [2.75, 3.05) is 61.6 Å². The number of carbonyl (C=O) groups excluding carboxylic acids is 3. The largest absolute Gasteiger partial charge is 0.465 e. The van der Waals surface area contributed by atoms with Crippen LogP contribution < -0.4 is 15.1 Å². The molecule has 1 N–H and O–H groups in total. The van der Waals surface area contributed by atoms with Crippen LogP contribution in [-0.2, 0) is 20.8 Å².